The lowest BCUT2D eigenvalue weighted by molar-refractivity contribution is 0.102. The summed E-state index contributed by atoms with van der Waals surface area (Å²) in [5, 5.41) is 7.96. The number of anilines is 2. The van der Waals surface area contributed by atoms with Crippen LogP contribution in [0.15, 0.2) is 43.0 Å². The fraction of sp³-hybridized carbons (Fsp3) is 0.0667. The van der Waals surface area contributed by atoms with Gasteiger partial charge in [-0.25, -0.2) is 4.79 Å². The van der Waals surface area contributed by atoms with Gasteiger partial charge in [0.1, 0.15) is 4.34 Å². The lowest BCUT2D eigenvalue weighted by Gasteiger charge is -2.08. The molecule has 120 valence electrons. The molecule has 0 unspecified atom stereocenters. The van der Waals surface area contributed by atoms with Gasteiger partial charge in [-0.2, -0.15) is 0 Å². The van der Waals surface area contributed by atoms with E-state index in [1.165, 1.54) is 6.07 Å². The molecule has 0 atom stereocenters. The highest BCUT2D eigenvalue weighted by Crippen LogP contribution is 2.31. The summed E-state index contributed by atoms with van der Waals surface area (Å²) < 4.78 is 0.787. The van der Waals surface area contributed by atoms with Crippen LogP contribution in [0.1, 0.15) is 10.4 Å². The molecule has 0 fully saturated rings. The lowest BCUT2D eigenvalue weighted by atomic mass is 10.2. The Morgan fingerprint density at radius 3 is 2.26 bits per heavy atom. The predicted molar refractivity (Wildman–Crippen MR) is 96.0 cm³/mol. The second-order valence-electron chi connectivity index (χ2n) is 4.39. The predicted octanol–water partition coefficient (Wildman–Crippen LogP) is 4.61. The molecule has 1 aromatic carbocycles. The summed E-state index contributed by atoms with van der Waals surface area (Å²) in [6, 6.07) is 7.87. The van der Waals surface area contributed by atoms with Gasteiger partial charge in [0.15, 0.2) is 0 Å². The van der Waals surface area contributed by atoms with E-state index in [2.05, 4.69) is 22.5 Å². The molecule has 0 bridgehead atoms. The summed E-state index contributed by atoms with van der Waals surface area (Å²) in [5.41, 5.74) is 1.50. The van der Waals surface area contributed by atoms with Crippen LogP contribution >= 0.6 is 34.5 Å². The number of hydrogen-bond donors (Lipinski definition) is 3. The van der Waals surface area contributed by atoms with Crippen LogP contribution in [0.25, 0.3) is 0 Å². The largest absolute Gasteiger partial charge is 0.334 e. The van der Waals surface area contributed by atoms with Gasteiger partial charge in [0.25, 0.3) is 5.91 Å². The Bertz CT molecular complexity index is 729. The van der Waals surface area contributed by atoms with Gasteiger partial charge in [-0.3, -0.25) is 4.79 Å². The van der Waals surface area contributed by atoms with E-state index in [4.69, 9.17) is 23.2 Å². The number of carbonyl (C=O) groups is 2. The Labute approximate surface area is 147 Å². The highest BCUT2D eigenvalue weighted by atomic mass is 35.5. The number of thiophene rings is 1. The Balaban J connectivity index is 1.97. The number of amides is 3. The molecule has 3 N–H and O–H groups in total. The fourth-order valence-electron chi connectivity index (χ4n) is 1.67. The van der Waals surface area contributed by atoms with Crippen molar-refractivity contribution in [1.82, 2.24) is 5.32 Å². The second-order valence-corrected chi connectivity index (χ2v) is 6.68. The SMILES string of the molecule is C=CCNC(=O)Nc1ccc(NC(=O)c2cc(Cl)sc2Cl)cc1. The monoisotopic (exact) mass is 369 g/mol. The van der Waals surface area contributed by atoms with Crippen molar-refractivity contribution in [1.29, 1.82) is 0 Å². The molecule has 0 aliphatic rings. The van der Waals surface area contributed by atoms with Crippen molar-refractivity contribution in [3.63, 3.8) is 0 Å². The average Bonchev–Trinajstić information content (AvgIpc) is 2.86. The quantitative estimate of drug-likeness (QED) is 0.673. The molecule has 1 heterocycles. The molecule has 1 aromatic heterocycles. The molecule has 0 aliphatic heterocycles. The first-order valence-electron chi connectivity index (χ1n) is 6.51. The van der Waals surface area contributed by atoms with Crippen LogP contribution in [0.4, 0.5) is 16.2 Å². The van der Waals surface area contributed by atoms with Crippen LogP contribution in [-0.4, -0.2) is 18.5 Å². The second kappa shape index (κ2) is 8.01. The van der Waals surface area contributed by atoms with Crippen LogP contribution in [-0.2, 0) is 0 Å². The third-order valence-corrected chi connectivity index (χ3v) is 4.20. The van der Waals surface area contributed by atoms with Gasteiger partial charge in [-0.15, -0.1) is 17.9 Å². The number of halogens is 2. The summed E-state index contributed by atoms with van der Waals surface area (Å²) in [6.07, 6.45) is 1.58. The van der Waals surface area contributed by atoms with Gasteiger partial charge >= 0.3 is 6.03 Å². The van der Waals surface area contributed by atoms with Crippen LogP contribution in [0.5, 0.6) is 0 Å². The van der Waals surface area contributed by atoms with E-state index in [-0.39, 0.29) is 11.9 Å². The van der Waals surface area contributed by atoms with E-state index in [1.54, 1.807) is 30.3 Å². The van der Waals surface area contributed by atoms with Gasteiger partial charge < -0.3 is 16.0 Å². The molecule has 0 saturated heterocycles. The van der Waals surface area contributed by atoms with Crippen molar-refractivity contribution >= 4 is 57.9 Å². The molecule has 23 heavy (non-hydrogen) atoms. The van der Waals surface area contributed by atoms with E-state index in [1.807, 2.05) is 0 Å². The maximum Gasteiger partial charge on any atom is 0.319 e. The minimum atomic E-state index is -0.345. The molecule has 2 aromatic rings. The number of hydrogen-bond acceptors (Lipinski definition) is 3. The highest BCUT2D eigenvalue weighted by molar-refractivity contribution is 7.20. The van der Waals surface area contributed by atoms with Gasteiger partial charge in [0.2, 0.25) is 0 Å². The van der Waals surface area contributed by atoms with Gasteiger partial charge in [0.05, 0.1) is 9.90 Å². The Hall–Kier alpha value is -2.02. The third-order valence-electron chi connectivity index (χ3n) is 2.71. The topological polar surface area (TPSA) is 70.2 Å². The zero-order valence-corrected chi connectivity index (χ0v) is 14.2. The maximum absolute atomic E-state index is 12.1. The normalized spacial score (nSPS) is 10.0. The van der Waals surface area contributed by atoms with Crippen LogP contribution in [0.3, 0.4) is 0 Å². The first kappa shape index (κ1) is 17.3. The van der Waals surface area contributed by atoms with Crippen LogP contribution in [0.2, 0.25) is 8.67 Å². The molecule has 8 heteroatoms. The number of benzene rings is 1. The minimum Gasteiger partial charge on any atom is -0.334 e. The Morgan fingerprint density at radius 2 is 1.74 bits per heavy atom. The molecule has 3 amide bonds. The van der Waals surface area contributed by atoms with E-state index in [9.17, 15) is 9.59 Å². The number of carbonyl (C=O) groups excluding carboxylic acids is 2. The third kappa shape index (κ3) is 4.99. The molecule has 0 saturated carbocycles. The van der Waals surface area contributed by atoms with E-state index in [0.717, 1.165) is 11.3 Å². The van der Waals surface area contributed by atoms with Crippen molar-refractivity contribution in [2.24, 2.45) is 0 Å². The van der Waals surface area contributed by atoms with E-state index in [0.29, 0.717) is 32.2 Å². The lowest BCUT2D eigenvalue weighted by Crippen LogP contribution is -2.28. The van der Waals surface area contributed by atoms with Crippen molar-refractivity contribution < 1.29 is 9.59 Å². The van der Waals surface area contributed by atoms with E-state index >= 15 is 0 Å². The first-order chi connectivity index (χ1) is 11.0. The van der Waals surface area contributed by atoms with Crippen molar-refractivity contribution in [3.8, 4) is 0 Å². The standard InChI is InChI=1S/C15H13Cl2N3O2S/c1-2-7-18-15(22)20-10-5-3-9(4-6-10)19-14(21)11-8-12(16)23-13(11)17/h2-6,8H,1,7H2,(H,19,21)(H2,18,20,22). The molecule has 2 rings (SSSR count). The summed E-state index contributed by atoms with van der Waals surface area (Å²) >= 11 is 12.9. The molecule has 0 aliphatic carbocycles. The Morgan fingerprint density at radius 1 is 1.13 bits per heavy atom. The summed E-state index contributed by atoms with van der Waals surface area (Å²) in [5.74, 6) is -0.345. The molecular formula is C15H13Cl2N3O2S. The maximum atomic E-state index is 12.1. The first-order valence-corrected chi connectivity index (χ1v) is 8.09. The van der Waals surface area contributed by atoms with Crippen molar-refractivity contribution in [2.45, 2.75) is 0 Å². The van der Waals surface area contributed by atoms with Crippen molar-refractivity contribution in [3.05, 3.63) is 57.2 Å². The average molecular weight is 370 g/mol. The van der Waals surface area contributed by atoms with Gasteiger partial charge in [-0.1, -0.05) is 29.3 Å². The van der Waals surface area contributed by atoms with Crippen molar-refractivity contribution in [2.75, 3.05) is 17.2 Å². The Kier molecular flexibility index (Phi) is 6.04. The molecule has 5 nitrogen and oxygen atoms in total. The van der Waals surface area contributed by atoms with Crippen LogP contribution in [0, 0.1) is 0 Å². The van der Waals surface area contributed by atoms with E-state index < -0.39 is 0 Å². The van der Waals surface area contributed by atoms with Gasteiger partial charge in [-0.05, 0) is 30.3 Å². The molecular weight excluding hydrogens is 357 g/mol. The van der Waals surface area contributed by atoms with Gasteiger partial charge in [0, 0.05) is 17.9 Å². The number of nitrogens with one attached hydrogen (secondary N) is 3. The zero-order valence-electron chi connectivity index (χ0n) is 11.9. The highest BCUT2D eigenvalue weighted by Gasteiger charge is 2.14. The zero-order chi connectivity index (χ0) is 16.8. The summed E-state index contributed by atoms with van der Waals surface area (Å²) in [4.78, 5) is 23.6. The van der Waals surface area contributed by atoms with Crippen LogP contribution < -0.4 is 16.0 Å². The number of urea groups is 1. The number of rotatable bonds is 5. The fourth-order valence-corrected chi connectivity index (χ4v) is 3.13. The summed E-state index contributed by atoms with van der Waals surface area (Å²) in [6.45, 7) is 3.89. The molecule has 0 spiro atoms. The smallest absolute Gasteiger partial charge is 0.319 e. The summed E-state index contributed by atoms with van der Waals surface area (Å²) in [7, 11) is 0. The molecule has 0 radical (unpaired) electrons. The minimum absolute atomic E-state index is 0.327.